The number of benzene rings is 2. The summed E-state index contributed by atoms with van der Waals surface area (Å²) in [5.74, 6) is 0.0743. The Labute approximate surface area is 289 Å². The molecule has 9 nitrogen and oxygen atoms in total. The number of allylic oxidation sites excluding steroid dienone is 1. The molecule has 0 bridgehead atoms. The maximum absolute atomic E-state index is 15.2. The minimum Gasteiger partial charge on any atom is -0.489 e. The molecule has 3 heterocycles. The van der Waals surface area contributed by atoms with Crippen molar-refractivity contribution in [2.45, 2.75) is 44.8 Å². The van der Waals surface area contributed by atoms with Crippen molar-refractivity contribution in [3.8, 4) is 16.9 Å². The van der Waals surface area contributed by atoms with Crippen LogP contribution in [0.15, 0.2) is 41.9 Å². The zero-order valence-electron chi connectivity index (χ0n) is 29.2. The number of piperazine rings is 2. The molecule has 0 N–H and O–H groups in total. The van der Waals surface area contributed by atoms with Gasteiger partial charge >= 0.3 is 0 Å². The van der Waals surface area contributed by atoms with E-state index in [0.717, 1.165) is 81.8 Å². The fourth-order valence-electron chi connectivity index (χ4n) is 6.59. The summed E-state index contributed by atoms with van der Waals surface area (Å²) in [6, 6.07) is 6.22. The van der Waals surface area contributed by atoms with Gasteiger partial charge in [0.15, 0.2) is 5.75 Å². The molecule has 0 aliphatic carbocycles. The highest BCUT2D eigenvalue weighted by Crippen LogP contribution is 2.49. The Hall–Kier alpha value is -3.38. The second kappa shape index (κ2) is 18.4. The van der Waals surface area contributed by atoms with Crippen LogP contribution in [0.4, 0.5) is 14.5 Å². The van der Waals surface area contributed by atoms with Crippen molar-refractivity contribution < 1.29 is 23.1 Å². The van der Waals surface area contributed by atoms with Gasteiger partial charge in [-0.05, 0) is 71.6 Å². The summed E-state index contributed by atoms with van der Waals surface area (Å²) in [5, 5.41) is 0.354. The third-order valence-electron chi connectivity index (χ3n) is 9.45. The molecule has 2 fully saturated rings. The number of carbonyl (C=O) groups is 2. The van der Waals surface area contributed by atoms with Crippen LogP contribution in [0.5, 0.6) is 5.75 Å². The van der Waals surface area contributed by atoms with E-state index in [0.29, 0.717) is 35.3 Å². The molecule has 48 heavy (non-hydrogen) atoms. The van der Waals surface area contributed by atoms with E-state index >= 15 is 4.39 Å². The molecule has 0 spiro atoms. The number of aliphatic imine (C=N–C) groups is 1. The third-order valence-corrected chi connectivity index (χ3v) is 9.75. The summed E-state index contributed by atoms with van der Waals surface area (Å²) in [4.78, 5) is 33.8. The number of amidine groups is 1. The molecule has 0 unspecified atom stereocenters. The average Bonchev–Trinajstić information content (AvgIpc) is 3.07. The predicted molar refractivity (Wildman–Crippen MR) is 192 cm³/mol. The Morgan fingerprint density at radius 3 is 2.33 bits per heavy atom. The molecule has 2 aromatic carbocycles. The van der Waals surface area contributed by atoms with Crippen molar-refractivity contribution >= 4 is 36.2 Å². The average molecular weight is 689 g/mol. The van der Waals surface area contributed by atoms with Crippen LogP contribution < -0.4 is 9.64 Å². The molecule has 12 heteroatoms. The number of aldehydes is 1. The van der Waals surface area contributed by atoms with Gasteiger partial charge in [0, 0.05) is 88.2 Å². The van der Waals surface area contributed by atoms with Gasteiger partial charge in [-0.2, -0.15) is 0 Å². The molecule has 2 saturated heterocycles. The summed E-state index contributed by atoms with van der Waals surface area (Å²) in [6.45, 7) is 17.2. The standard InChI is InChI=1S/C32H45ClF2N6O.C3H4O.CH2O/c1-21-19-41(22(2)18-38(21)5)32(36-3)26-17-27(33)29(25-10-9-23(34)16-28(25)35)31-30(26)39(6)24(20-42-31)8-7-11-40-14-12-37(4)13-15-40;1-2-3-4;1-2/h9-10,16-17,21-22,24H,7-8,11-15,18-20H2,1-6H3;2-3H,1H2;1H2/t21-,22+,24+;;/m1../s1. The smallest absolute Gasteiger partial charge is 0.152 e. The number of rotatable bonds is 7. The van der Waals surface area contributed by atoms with E-state index in [-0.39, 0.29) is 17.6 Å². The number of fused-ring (bicyclic) bond motifs is 1. The zero-order chi connectivity index (χ0) is 35.5. The maximum atomic E-state index is 15.2. The van der Waals surface area contributed by atoms with Gasteiger partial charge in [-0.25, -0.2) is 8.78 Å². The molecule has 2 aromatic rings. The lowest BCUT2D eigenvalue weighted by atomic mass is 9.95. The highest BCUT2D eigenvalue weighted by Gasteiger charge is 2.36. The Morgan fingerprint density at radius 1 is 1.06 bits per heavy atom. The van der Waals surface area contributed by atoms with Gasteiger partial charge in [0.1, 0.15) is 37.2 Å². The fourth-order valence-corrected chi connectivity index (χ4v) is 6.89. The van der Waals surface area contributed by atoms with Gasteiger partial charge in [0.2, 0.25) is 0 Å². The van der Waals surface area contributed by atoms with Crippen molar-refractivity contribution in [2.75, 3.05) is 85.5 Å². The summed E-state index contributed by atoms with van der Waals surface area (Å²) in [7, 11) is 8.24. The molecule has 5 rings (SSSR count). The minimum atomic E-state index is -0.668. The highest BCUT2D eigenvalue weighted by atomic mass is 35.5. The van der Waals surface area contributed by atoms with Gasteiger partial charge in [0.25, 0.3) is 0 Å². The summed E-state index contributed by atoms with van der Waals surface area (Å²) < 4.78 is 35.5. The van der Waals surface area contributed by atoms with Crippen LogP contribution in [0, 0.1) is 11.6 Å². The van der Waals surface area contributed by atoms with Crippen LogP contribution in [-0.4, -0.2) is 137 Å². The van der Waals surface area contributed by atoms with E-state index in [1.165, 1.54) is 18.2 Å². The number of hydrogen-bond acceptors (Lipinski definition) is 8. The number of nitrogens with zero attached hydrogens (tertiary/aromatic N) is 6. The lowest BCUT2D eigenvalue weighted by Gasteiger charge is -2.45. The first-order valence-electron chi connectivity index (χ1n) is 16.4. The monoisotopic (exact) mass is 688 g/mol. The first-order chi connectivity index (χ1) is 23.0. The van der Waals surface area contributed by atoms with E-state index in [9.17, 15) is 4.39 Å². The van der Waals surface area contributed by atoms with Crippen molar-refractivity contribution in [1.29, 1.82) is 0 Å². The highest BCUT2D eigenvalue weighted by molar-refractivity contribution is 6.34. The number of anilines is 1. The van der Waals surface area contributed by atoms with E-state index in [4.69, 9.17) is 30.9 Å². The molecule has 3 aliphatic rings. The van der Waals surface area contributed by atoms with E-state index in [1.54, 1.807) is 0 Å². The van der Waals surface area contributed by atoms with E-state index < -0.39 is 11.6 Å². The molecule has 0 aromatic heterocycles. The normalized spacial score (nSPS) is 22.0. The topological polar surface area (TPSA) is 71.9 Å². The predicted octanol–water partition coefficient (Wildman–Crippen LogP) is 5.10. The molecular formula is C36H51ClF2N6O3. The number of likely N-dealkylation sites (N-methyl/N-ethyl adjacent to an activating group) is 3. The van der Waals surface area contributed by atoms with Gasteiger partial charge in [-0.3, -0.25) is 14.7 Å². The maximum Gasteiger partial charge on any atom is 0.152 e. The van der Waals surface area contributed by atoms with Crippen molar-refractivity contribution in [1.82, 2.24) is 19.6 Å². The van der Waals surface area contributed by atoms with E-state index in [2.05, 4.69) is 66.1 Å². The van der Waals surface area contributed by atoms with Crippen LogP contribution in [0.2, 0.25) is 5.02 Å². The zero-order valence-corrected chi connectivity index (χ0v) is 30.0. The largest absolute Gasteiger partial charge is 0.489 e. The molecule has 3 aliphatic heterocycles. The molecular weight excluding hydrogens is 638 g/mol. The second-order valence-electron chi connectivity index (χ2n) is 12.7. The number of carbonyl (C=O) groups excluding carboxylic acids is 2. The first kappa shape index (κ1) is 39.1. The number of halogens is 3. The second-order valence-corrected chi connectivity index (χ2v) is 13.1. The van der Waals surface area contributed by atoms with Crippen molar-refractivity contribution in [3.05, 3.63) is 59.1 Å². The SMILES string of the molecule is C=CC=O.C=O.CN=C(c1cc(Cl)c(-c2ccc(F)cc2F)c2c1N(C)[C@@H](CCCN1CCN(C)CC1)CO2)N1C[C@@H](C)N(C)C[C@@H]1C. The molecule has 3 atom stereocenters. The summed E-state index contributed by atoms with van der Waals surface area (Å²) in [6.07, 6.45) is 3.85. The molecule has 0 radical (unpaired) electrons. The van der Waals surface area contributed by atoms with Crippen LogP contribution in [0.25, 0.3) is 11.1 Å². The third kappa shape index (κ3) is 9.19. The lowest BCUT2D eigenvalue weighted by molar-refractivity contribution is -0.104. The Balaban J connectivity index is 0.000000970. The number of ether oxygens (including phenoxy) is 1. The minimum absolute atomic E-state index is 0.137. The summed E-state index contributed by atoms with van der Waals surface area (Å²) >= 11 is 6.96. The van der Waals surface area contributed by atoms with Crippen molar-refractivity contribution in [3.63, 3.8) is 0 Å². The molecule has 0 amide bonds. The molecule has 264 valence electrons. The van der Waals surface area contributed by atoms with Gasteiger partial charge in [-0.15, -0.1) is 0 Å². The van der Waals surface area contributed by atoms with Crippen LogP contribution in [0.3, 0.4) is 0 Å². The summed E-state index contributed by atoms with van der Waals surface area (Å²) in [5.41, 5.74) is 2.40. The van der Waals surface area contributed by atoms with Gasteiger partial charge < -0.3 is 29.1 Å². The Kier molecular flexibility index (Phi) is 15.0. The first-order valence-corrected chi connectivity index (χ1v) is 16.8. The van der Waals surface area contributed by atoms with Gasteiger partial charge in [0.05, 0.1) is 16.8 Å². The quantitative estimate of drug-likeness (QED) is 0.172. The Morgan fingerprint density at radius 2 is 1.73 bits per heavy atom. The molecule has 0 saturated carbocycles. The van der Waals surface area contributed by atoms with Crippen LogP contribution in [0.1, 0.15) is 32.3 Å². The van der Waals surface area contributed by atoms with E-state index in [1.807, 2.05) is 19.9 Å². The van der Waals surface area contributed by atoms with Crippen LogP contribution in [-0.2, 0) is 9.59 Å². The lowest BCUT2D eigenvalue weighted by Crippen LogP contribution is -2.57. The van der Waals surface area contributed by atoms with Crippen LogP contribution >= 0.6 is 11.6 Å². The Bertz CT molecular complexity index is 1410. The van der Waals surface area contributed by atoms with Crippen molar-refractivity contribution in [2.24, 2.45) is 4.99 Å². The fraction of sp³-hybridized carbons (Fsp3) is 0.528. The van der Waals surface area contributed by atoms with Gasteiger partial charge in [-0.1, -0.05) is 18.2 Å². The number of hydrogen-bond donors (Lipinski definition) is 0.